The summed E-state index contributed by atoms with van der Waals surface area (Å²) in [6, 6.07) is 23.9. The number of thioether (sulfide) groups is 1. The highest BCUT2D eigenvalue weighted by Crippen LogP contribution is 2.37. The van der Waals surface area contributed by atoms with Gasteiger partial charge in [-0.1, -0.05) is 42.5 Å². The number of para-hydroxylation sites is 1. The zero-order valence-corrected chi connectivity index (χ0v) is 22.3. The van der Waals surface area contributed by atoms with Gasteiger partial charge in [-0.25, -0.2) is 4.79 Å². The summed E-state index contributed by atoms with van der Waals surface area (Å²) in [7, 11) is 0. The average Bonchev–Trinajstić information content (AvgIpc) is 3.34. The molecule has 0 bridgehead atoms. The molecule has 1 saturated heterocycles. The second-order valence-electron chi connectivity index (χ2n) is 9.63. The minimum Gasteiger partial charge on any atom is -0.480 e. The zero-order chi connectivity index (χ0) is 26.6. The Hall–Kier alpha value is -3.58. The quantitative estimate of drug-likeness (QED) is 0.260. The van der Waals surface area contributed by atoms with E-state index in [2.05, 4.69) is 0 Å². The first-order valence-electron chi connectivity index (χ1n) is 12.2. The summed E-state index contributed by atoms with van der Waals surface area (Å²) in [6.07, 6.45) is 1.50. The summed E-state index contributed by atoms with van der Waals surface area (Å²) in [5.74, 6) is 0.157. The van der Waals surface area contributed by atoms with Crippen LogP contribution in [0.4, 0.5) is 4.79 Å². The highest BCUT2D eigenvalue weighted by molar-refractivity contribution is 7.98. The molecule has 37 heavy (non-hydrogen) atoms. The molecule has 1 aliphatic heterocycles. The lowest BCUT2D eigenvalue weighted by molar-refractivity contribution is -0.129. The summed E-state index contributed by atoms with van der Waals surface area (Å²) < 4.78 is 11.6. The SMILES string of the molecule is CSc1ccc(C(=O)[C@H]2CN(C(=O)Oc3ccccc3)C[C@@H]2c2cccc(OC(C)(C)C(C)=O)c2)cc1. The molecule has 1 aliphatic rings. The van der Waals surface area contributed by atoms with Crippen molar-refractivity contribution in [3.63, 3.8) is 0 Å². The fraction of sp³-hybridized carbons (Fsp3) is 0.300. The lowest BCUT2D eigenvalue weighted by Gasteiger charge is -2.24. The number of hydrogen-bond donors (Lipinski definition) is 0. The van der Waals surface area contributed by atoms with Crippen LogP contribution in [0.5, 0.6) is 11.5 Å². The molecule has 3 aromatic carbocycles. The third-order valence-electron chi connectivity index (χ3n) is 6.74. The number of hydrogen-bond acceptors (Lipinski definition) is 6. The highest BCUT2D eigenvalue weighted by atomic mass is 32.2. The van der Waals surface area contributed by atoms with Gasteiger partial charge in [-0.2, -0.15) is 0 Å². The Kier molecular flexibility index (Phi) is 8.03. The Morgan fingerprint density at radius 3 is 2.22 bits per heavy atom. The van der Waals surface area contributed by atoms with Gasteiger partial charge in [-0.15, -0.1) is 11.8 Å². The predicted molar refractivity (Wildman–Crippen MR) is 145 cm³/mol. The van der Waals surface area contributed by atoms with Crippen molar-refractivity contribution >= 4 is 29.4 Å². The van der Waals surface area contributed by atoms with Gasteiger partial charge < -0.3 is 14.4 Å². The van der Waals surface area contributed by atoms with Gasteiger partial charge >= 0.3 is 6.09 Å². The first kappa shape index (κ1) is 26.5. The van der Waals surface area contributed by atoms with Gasteiger partial charge in [0.25, 0.3) is 0 Å². The van der Waals surface area contributed by atoms with Crippen molar-refractivity contribution in [2.45, 2.75) is 37.2 Å². The van der Waals surface area contributed by atoms with Crippen LogP contribution in [-0.4, -0.2) is 47.5 Å². The molecule has 0 aromatic heterocycles. The number of rotatable bonds is 8. The van der Waals surface area contributed by atoms with Gasteiger partial charge in [0.2, 0.25) is 0 Å². The van der Waals surface area contributed by atoms with E-state index in [1.807, 2.05) is 54.8 Å². The van der Waals surface area contributed by atoms with E-state index in [0.29, 0.717) is 23.6 Å². The lowest BCUT2D eigenvalue weighted by Crippen LogP contribution is -2.36. The standard InChI is InChI=1S/C30H31NO5S/c1-20(32)30(2,3)36-24-12-8-9-22(17-24)26-18-31(29(34)35-23-10-6-5-7-11-23)19-27(26)28(33)21-13-15-25(37-4)16-14-21/h5-17,26-27H,18-19H2,1-4H3/t26-,27+/m1/s1. The molecule has 7 heteroatoms. The highest BCUT2D eigenvalue weighted by Gasteiger charge is 2.41. The van der Waals surface area contributed by atoms with Crippen molar-refractivity contribution < 1.29 is 23.9 Å². The predicted octanol–water partition coefficient (Wildman–Crippen LogP) is 6.25. The van der Waals surface area contributed by atoms with Crippen molar-refractivity contribution in [2.24, 2.45) is 5.92 Å². The largest absolute Gasteiger partial charge is 0.480 e. The van der Waals surface area contributed by atoms with Crippen molar-refractivity contribution in [1.82, 2.24) is 4.90 Å². The number of nitrogens with zero attached hydrogens (tertiary/aromatic N) is 1. The van der Waals surface area contributed by atoms with E-state index in [9.17, 15) is 14.4 Å². The van der Waals surface area contributed by atoms with Crippen LogP contribution in [-0.2, 0) is 4.79 Å². The summed E-state index contributed by atoms with van der Waals surface area (Å²) in [6.45, 7) is 5.51. The monoisotopic (exact) mass is 517 g/mol. The summed E-state index contributed by atoms with van der Waals surface area (Å²) in [4.78, 5) is 41.4. The van der Waals surface area contributed by atoms with Crippen LogP contribution >= 0.6 is 11.8 Å². The first-order chi connectivity index (χ1) is 17.7. The number of amides is 1. The normalized spacial score (nSPS) is 17.4. The van der Waals surface area contributed by atoms with E-state index < -0.39 is 17.6 Å². The van der Waals surface area contributed by atoms with Crippen LogP contribution in [0, 0.1) is 5.92 Å². The smallest absolute Gasteiger partial charge is 0.415 e. The molecule has 1 heterocycles. The molecular weight excluding hydrogens is 486 g/mol. The van der Waals surface area contributed by atoms with E-state index in [0.717, 1.165) is 10.5 Å². The maximum Gasteiger partial charge on any atom is 0.415 e. The molecule has 2 atom stereocenters. The molecule has 0 saturated carbocycles. The van der Waals surface area contributed by atoms with E-state index in [4.69, 9.17) is 9.47 Å². The maximum absolute atomic E-state index is 13.7. The summed E-state index contributed by atoms with van der Waals surface area (Å²) >= 11 is 1.61. The van der Waals surface area contributed by atoms with Crippen LogP contribution < -0.4 is 9.47 Å². The van der Waals surface area contributed by atoms with Gasteiger partial charge in [0.15, 0.2) is 17.2 Å². The Balaban J connectivity index is 1.63. The number of Topliss-reactive ketones (excluding diaryl/α,β-unsaturated/α-hetero) is 2. The molecule has 3 aromatic rings. The third-order valence-corrected chi connectivity index (χ3v) is 7.49. The number of benzene rings is 3. The van der Waals surface area contributed by atoms with Crippen molar-refractivity contribution in [3.8, 4) is 11.5 Å². The molecule has 0 N–H and O–H groups in total. The van der Waals surface area contributed by atoms with Crippen LogP contribution in [0.1, 0.15) is 42.6 Å². The molecule has 0 aliphatic carbocycles. The van der Waals surface area contributed by atoms with E-state index in [-0.39, 0.29) is 24.0 Å². The van der Waals surface area contributed by atoms with Gasteiger partial charge in [0.05, 0.1) is 0 Å². The maximum atomic E-state index is 13.7. The average molecular weight is 518 g/mol. The number of likely N-dealkylation sites (tertiary alicyclic amines) is 1. The fourth-order valence-electron chi connectivity index (χ4n) is 4.35. The van der Waals surface area contributed by atoms with Crippen LogP contribution in [0.25, 0.3) is 0 Å². The molecular formula is C30H31NO5S. The minimum absolute atomic E-state index is 0.0250. The molecule has 0 radical (unpaired) electrons. The molecule has 1 amide bonds. The van der Waals surface area contributed by atoms with Crippen molar-refractivity contribution in [1.29, 1.82) is 0 Å². The fourth-order valence-corrected chi connectivity index (χ4v) is 4.76. The minimum atomic E-state index is -0.978. The van der Waals surface area contributed by atoms with Crippen LogP contribution in [0.3, 0.4) is 0 Å². The topological polar surface area (TPSA) is 72.9 Å². The Bertz CT molecular complexity index is 1270. The number of ether oxygens (including phenoxy) is 2. The van der Waals surface area contributed by atoms with E-state index >= 15 is 0 Å². The van der Waals surface area contributed by atoms with E-state index in [1.54, 1.807) is 60.8 Å². The second-order valence-corrected chi connectivity index (χ2v) is 10.5. The summed E-state index contributed by atoms with van der Waals surface area (Å²) in [5.41, 5.74) is 0.496. The van der Waals surface area contributed by atoms with Crippen molar-refractivity contribution in [2.75, 3.05) is 19.3 Å². The van der Waals surface area contributed by atoms with Gasteiger partial charge in [0, 0.05) is 35.4 Å². The Morgan fingerprint density at radius 1 is 0.892 bits per heavy atom. The number of carbonyl (C=O) groups is 3. The Labute approximate surface area is 222 Å². The summed E-state index contributed by atoms with van der Waals surface area (Å²) in [5, 5.41) is 0. The van der Waals surface area contributed by atoms with Crippen LogP contribution in [0.15, 0.2) is 83.8 Å². The second kappa shape index (κ2) is 11.2. The molecule has 0 unspecified atom stereocenters. The lowest BCUT2D eigenvalue weighted by atomic mass is 9.84. The Morgan fingerprint density at radius 2 is 1.57 bits per heavy atom. The molecule has 192 valence electrons. The zero-order valence-electron chi connectivity index (χ0n) is 21.5. The van der Waals surface area contributed by atoms with Gasteiger partial charge in [-0.05, 0) is 69.0 Å². The molecule has 4 rings (SSSR count). The molecule has 1 fully saturated rings. The van der Waals surface area contributed by atoms with Crippen molar-refractivity contribution in [3.05, 3.63) is 90.0 Å². The first-order valence-corrected chi connectivity index (χ1v) is 13.4. The van der Waals surface area contributed by atoms with Gasteiger partial charge in [-0.3, -0.25) is 9.59 Å². The van der Waals surface area contributed by atoms with Gasteiger partial charge in [0.1, 0.15) is 11.5 Å². The number of ketones is 2. The third kappa shape index (κ3) is 6.23. The van der Waals surface area contributed by atoms with E-state index in [1.165, 1.54) is 6.92 Å². The van der Waals surface area contributed by atoms with Crippen LogP contribution in [0.2, 0.25) is 0 Å². The number of carbonyl (C=O) groups excluding carboxylic acids is 3. The molecule has 6 nitrogen and oxygen atoms in total. The molecule has 0 spiro atoms.